The topological polar surface area (TPSA) is 51.7 Å². The summed E-state index contributed by atoms with van der Waals surface area (Å²) in [4.78, 5) is 18.8. The fourth-order valence-electron chi connectivity index (χ4n) is 3.29. The highest BCUT2D eigenvalue weighted by molar-refractivity contribution is 7.13. The van der Waals surface area contributed by atoms with Crippen LogP contribution in [-0.2, 0) is 20.7 Å². The number of thiazole rings is 1. The molecule has 4 rings (SSSR count). The van der Waals surface area contributed by atoms with Gasteiger partial charge in [-0.05, 0) is 12.1 Å². The van der Waals surface area contributed by atoms with Crippen molar-refractivity contribution in [1.29, 1.82) is 0 Å². The third-order valence-corrected chi connectivity index (χ3v) is 5.59. The zero-order chi connectivity index (χ0) is 17.3. The van der Waals surface area contributed by atoms with Crippen LogP contribution in [0, 0.1) is 5.82 Å². The van der Waals surface area contributed by atoms with Crippen LogP contribution in [0.3, 0.4) is 0 Å². The maximum Gasteiger partial charge on any atom is 0.228 e. The number of benzene rings is 1. The summed E-state index contributed by atoms with van der Waals surface area (Å²) in [6.07, 6.45) is 1.69. The second-order valence-corrected chi connectivity index (χ2v) is 7.18. The summed E-state index contributed by atoms with van der Waals surface area (Å²) >= 11 is 1.43. The van der Waals surface area contributed by atoms with Crippen LogP contribution in [0.25, 0.3) is 10.6 Å². The molecule has 2 aliphatic heterocycles. The van der Waals surface area contributed by atoms with Crippen LogP contribution < -0.4 is 0 Å². The molecule has 0 radical (unpaired) electrons. The number of nitrogens with zero attached hydrogens (tertiary/aromatic N) is 2. The molecule has 1 amide bonds. The molecule has 0 unspecified atom stereocenters. The van der Waals surface area contributed by atoms with E-state index >= 15 is 0 Å². The largest absolute Gasteiger partial charge is 0.347 e. The molecule has 5 nitrogen and oxygen atoms in total. The lowest BCUT2D eigenvalue weighted by Crippen LogP contribution is -2.47. The molecule has 2 aliphatic rings. The van der Waals surface area contributed by atoms with Gasteiger partial charge in [-0.2, -0.15) is 0 Å². The summed E-state index contributed by atoms with van der Waals surface area (Å²) in [7, 11) is 0. The molecule has 132 valence electrons. The van der Waals surface area contributed by atoms with Crippen molar-refractivity contribution in [2.24, 2.45) is 0 Å². The van der Waals surface area contributed by atoms with Gasteiger partial charge in [0.05, 0.1) is 25.3 Å². The molecule has 25 heavy (non-hydrogen) atoms. The molecule has 0 N–H and O–H groups in total. The molecular weight excluding hydrogens is 343 g/mol. The molecule has 0 aliphatic carbocycles. The van der Waals surface area contributed by atoms with E-state index in [0.29, 0.717) is 39.1 Å². The molecule has 0 saturated carbocycles. The highest BCUT2D eigenvalue weighted by Crippen LogP contribution is 2.31. The lowest BCUT2D eigenvalue weighted by Gasteiger charge is -2.37. The van der Waals surface area contributed by atoms with E-state index in [0.717, 1.165) is 16.3 Å². The number of carbonyl (C=O) groups excluding carboxylic acids is 1. The molecule has 0 atom stereocenters. The number of piperidine rings is 1. The highest BCUT2D eigenvalue weighted by atomic mass is 32.1. The van der Waals surface area contributed by atoms with Gasteiger partial charge in [0.25, 0.3) is 0 Å². The predicted octanol–water partition coefficient (Wildman–Crippen LogP) is 2.86. The second-order valence-electron chi connectivity index (χ2n) is 6.32. The smallest absolute Gasteiger partial charge is 0.228 e. The minimum atomic E-state index is -0.470. The van der Waals surface area contributed by atoms with Gasteiger partial charge in [-0.25, -0.2) is 9.37 Å². The Labute approximate surface area is 149 Å². The first kappa shape index (κ1) is 16.6. The minimum absolute atomic E-state index is 0.0592. The number of hydrogen-bond acceptors (Lipinski definition) is 5. The van der Waals surface area contributed by atoms with Crippen molar-refractivity contribution in [3.63, 3.8) is 0 Å². The number of likely N-dealkylation sites (tertiary alicyclic amines) is 1. The molecule has 7 heteroatoms. The van der Waals surface area contributed by atoms with E-state index in [1.807, 2.05) is 16.3 Å². The Morgan fingerprint density at radius 3 is 2.76 bits per heavy atom. The van der Waals surface area contributed by atoms with E-state index in [-0.39, 0.29) is 18.1 Å². The van der Waals surface area contributed by atoms with Crippen LogP contribution in [0.15, 0.2) is 29.6 Å². The van der Waals surface area contributed by atoms with Crippen molar-refractivity contribution in [2.45, 2.75) is 25.0 Å². The van der Waals surface area contributed by atoms with E-state index in [9.17, 15) is 9.18 Å². The zero-order valence-electron chi connectivity index (χ0n) is 13.7. The van der Waals surface area contributed by atoms with Crippen molar-refractivity contribution in [1.82, 2.24) is 9.88 Å². The van der Waals surface area contributed by atoms with E-state index < -0.39 is 5.79 Å². The maximum atomic E-state index is 13.3. The van der Waals surface area contributed by atoms with E-state index in [1.165, 1.54) is 23.5 Å². The number of amides is 1. The van der Waals surface area contributed by atoms with Crippen LogP contribution in [-0.4, -0.2) is 47.9 Å². The van der Waals surface area contributed by atoms with Gasteiger partial charge in [-0.15, -0.1) is 11.3 Å². The summed E-state index contributed by atoms with van der Waals surface area (Å²) in [5.41, 5.74) is 1.46. The van der Waals surface area contributed by atoms with E-state index in [2.05, 4.69) is 4.98 Å². The van der Waals surface area contributed by atoms with Crippen molar-refractivity contribution in [2.75, 3.05) is 26.3 Å². The Morgan fingerprint density at radius 1 is 1.28 bits per heavy atom. The van der Waals surface area contributed by atoms with Gasteiger partial charge in [0, 0.05) is 36.9 Å². The van der Waals surface area contributed by atoms with E-state index in [4.69, 9.17) is 9.47 Å². The first-order chi connectivity index (χ1) is 12.1. The third-order valence-electron chi connectivity index (χ3n) is 4.65. The van der Waals surface area contributed by atoms with Crippen molar-refractivity contribution in [3.8, 4) is 10.6 Å². The average molecular weight is 362 g/mol. The van der Waals surface area contributed by atoms with Crippen LogP contribution in [0.2, 0.25) is 0 Å². The van der Waals surface area contributed by atoms with Gasteiger partial charge in [-0.3, -0.25) is 4.79 Å². The number of rotatable bonds is 3. The maximum absolute atomic E-state index is 13.3. The van der Waals surface area contributed by atoms with Crippen LogP contribution in [0.5, 0.6) is 0 Å². The SMILES string of the molecule is O=C(Cc1csc(-c2cccc(F)c2)n1)N1CCC2(CC1)OCCO2. The molecule has 0 bridgehead atoms. The molecule has 1 spiro atoms. The normalized spacial score (nSPS) is 19.5. The van der Waals surface area contributed by atoms with Crippen LogP contribution >= 0.6 is 11.3 Å². The Bertz CT molecular complexity index is 763. The minimum Gasteiger partial charge on any atom is -0.347 e. The molecule has 2 aromatic rings. The molecule has 2 fully saturated rings. The molecular formula is C18H19FN2O3S. The second kappa shape index (κ2) is 6.82. The van der Waals surface area contributed by atoms with Gasteiger partial charge >= 0.3 is 0 Å². The number of hydrogen-bond donors (Lipinski definition) is 0. The van der Waals surface area contributed by atoms with Crippen LogP contribution in [0.1, 0.15) is 18.5 Å². The van der Waals surface area contributed by atoms with Gasteiger partial charge in [0.2, 0.25) is 5.91 Å². The quantitative estimate of drug-likeness (QED) is 0.843. The molecule has 1 aromatic carbocycles. The van der Waals surface area contributed by atoms with Crippen molar-refractivity contribution >= 4 is 17.2 Å². The summed E-state index contributed by atoms with van der Waals surface area (Å²) < 4.78 is 24.7. The summed E-state index contributed by atoms with van der Waals surface area (Å²) in [5.74, 6) is -0.699. The lowest BCUT2D eigenvalue weighted by molar-refractivity contribution is -0.187. The van der Waals surface area contributed by atoms with E-state index in [1.54, 1.807) is 6.07 Å². The highest BCUT2D eigenvalue weighted by Gasteiger charge is 2.40. The fourth-order valence-corrected chi connectivity index (χ4v) is 4.11. The Hall–Kier alpha value is -1.83. The van der Waals surface area contributed by atoms with Crippen molar-refractivity contribution < 1.29 is 18.7 Å². The van der Waals surface area contributed by atoms with Crippen LogP contribution in [0.4, 0.5) is 4.39 Å². The molecule has 2 saturated heterocycles. The van der Waals surface area contributed by atoms with Crippen molar-refractivity contribution in [3.05, 3.63) is 41.2 Å². The fraction of sp³-hybridized carbons (Fsp3) is 0.444. The Morgan fingerprint density at radius 2 is 2.04 bits per heavy atom. The number of halogens is 1. The number of aromatic nitrogens is 1. The third kappa shape index (κ3) is 3.58. The predicted molar refractivity (Wildman–Crippen MR) is 91.7 cm³/mol. The monoisotopic (exact) mass is 362 g/mol. The standard InChI is InChI=1S/C18H19FN2O3S/c19-14-3-1-2-13(10-14)17-20-15(12-25-17)11-16(22)21-6-4-18(5-7-21)23-8-9-24-18/h1-3,10,12H,4-9,11H2. The van der Waals surface area contributed by atoms with Gasteiger partial charge in [0.1, 0.15) is 10.8 Å². The summed E-state index contributed by atoms with van der Waals surface area (Å²) in [6, 6.07) is 6.34. The average Bonchev–Trinajstić information content (AvgIpc) is 3.26. The van der Waals surface area contributed by atoms with Gasteiger partial charge < -0.3 is 14.4 Å². The Balaban J connectivity index is 1.37. The summed E-state index contributed by atoms with van der Waals surface area (Å²) in [6.45, 7) is 2.55. The zero-order valence-corrected chi connectivity index (χ0v) is 14.6. The number of ether oxygens (including phenoxy) is 2. The molecule has 1 aromatic heterocycles. The van der Waals surface area contributed by atoms with Gasteiger partial charge in [0.15, 0.2) is 5.79 Å². The number of carbonyl (C=O) groups is 1. The first-order valence-corrected chi connectivity index (χ1v) is 9.28. The lowest BCUT2D eigenvalue weighted by atomic mass is 10.0. The van der Waals surface area contributed by atoms with Gasteiger partial charge in [-0.1, -0.05) is 12.1 Å². The first-order valence-electron chi connectivity index (χ1n) is 8.40. The molecule has 3 heterocycles. The summed E-state index contributed by atoms with van der Waals surface area (Å²) in [5, 5.41) is 2.60. The Kier molecular flexibility index (Phi) is 4.54.